The van der Waals surface area contributed by atoms with E-state index in [-0.39, 0.29) is 18.7 Å². The maximum atomic E-state index is 12.1. The summed E-state index contributed by atoms with van der Waals surface area (Å²) in [5.41, 5.74) is 3.54. The van der Waals surface area contributed by atoms with Crippen molar-refractivity contribution in [2.75, 3.05) is 7.11 Å². The highest BCUT2D eigenvalue weighted by Crippen LogP contribution is 2.28. The summed E-state index contributed by atoms with van der Waals surface area (Å²) in [4.78, 5) is 24.0. The van der Waals surface area contributed by atoms with Crippen molar-refractivity contribution in [3.05, 3.63) is 82.1 Å². The Morgan fingerprint density at radius 2 is 1.90 bits per heavy atom. The average Bonchev–Trinajstić information content (AvgIpc) is 2.87. The summed E-state index contributed by atoms with van der Waals surface area (Å²) in [6, 6.07) is 14.5. The summed E-state index contributed by atoms with van der Waals surface area (Å²) in [5.74, 6) is 0.180. The number of nitrogens with zero attached hydrogens (tertiary/aromatic N) is 1. The van der Waals surface area contributed by atoms with E-state index >= 15 is 0 Å². The van der Waals surface area contributed by atoms with E-state index in [0.29, 0.717) is 28.9 Å². The zero-order chi connectivity index (χ0) is 29.2. The number of ether oxygens (including phenoxy) is 3. The van der Waals surface area contributed by atoms with E-state index in [9.17, 15) is 20.0 Å². The first-order valence-corrected chi connectivity index (χ1v) is 12.8. The van der Waals surface area contributed by atoms with Crippen molar-refractivity contribution >= 4 is 17.6 Å². The number of methoxy groups -OCH3 is 1. The Hall–Kier alpha value is -4.25. The Balaban J connectivity index is 2.30. The second-order valence-electron chi connectivity index (χ2n) is 10.1. The molecule has 0 saturated heterocycles. The van der Waals surface area contributed by atoms with E-state index in [0.717, 1.165) is 16.7 Å². The molecule has 2 rings (SSSR count). The highest BCUT2D eigenvalue weighted by molar-refractivity contribution is 5.77. The number of nitriles is 1. The van der Waals surface area contributed by atoms with Crippen LogP contribution in [0.25, 0.3) is 5.57 Å². The quantitative estimate of drug-likeness (QED) is 0.206. The normalized spacial score (nSPS) is 13.0. The SMILES string of the molecule is CC/C(=C\C(=C(/C)O)c1cccc(CNC(=O)OC(C)(C)C)c1)C(C)Oc1ccc(C#N)cc1CC(=O)OC. The van der Waals surface area contributed by atoms with Crippen LogP contribution in [0.5, 0.6) is 5.75 Å². The molecule has 0 aliphatic carbocycles. The number of rotatable bonds is 10. The van der Waals surface area contributed by atoms with E-state index in [4.69, 9.17) is 14.2 Å². The largest absolute Gasteiger partial charge is 0.512 e. The number of alkyl carbamates (subject to hydrolysis) is 1. The molecular formula is C31H38N2O6. The minimum absolute atomic E-state index is 0.0235. The first-order chi connectivity index (χ1) is 18.4. The average molecular weight is 535 g/mol. The smallest absolute Gasteiger partial charge is 0.407 e. The maximum absolute atomic E-state index is 12.1. The lowest BCUT2D eigenvalue weighted by Gasteiger charge is -2.21. The summed E-state index contributed by atoms with van der Waals surface area (Å²) in [6.07, 6.45) is 1.61. The van der Waals surface area contributed by atoms with Crippen LogP contribution in [0.1, 0.15) is 70.2 Å². The fraction of sp³-hybridized carbons (Fsp3) is 0.387. The molecule has 2 aromatic rings. The number of allylic oxidation sites excluding steroid dienone is 3. The third kappa shape index (κ3) is 9.86. The summed E-state index contributed by atoms with van der Waals surface area (Å²) < 4.78 is 16.3. The molecule has 0 fully saturated rings. The van der Waals surface area contributed by atoms with Gasteiger partial charge in [-0.25, -0.2) is 4.79 Å². The minimum atomic E-state index is -0.589. The molecule has 0 radical (unpaired) electrons. The van der Waals surface area contributed by atoms with Crippen molar-refractivity contribution in [3.8, 4) is 11.8 Å². The van der Waals surface area contributed by atoms with Gasteiger partial charge >= 0.3 is 12.1 Å². The second-order valence-corrected chi connectivity index (χ2v) is 10.1. The molecule has 0 aliphatic heterocycles. The van der Waals surface area contributed by atoms with E-state index < -0.39 is 23.8 Å². The predicted octanol–water partition coefficient (Wildman–Crippen LogP) is 6.39. The molecule has 0 aliphatic rings. The van der Waals surface area contributed by atoms with Crippen LogP contribution in [0.15, 0.2) is 59.9 Å². The molecule has 0 aromatic heterocycles. The van der Waals surface area contributed by atoms with Gasteiger partial charge in [0, 0.05) is 17.7 Å². The zero-order valence-electron chi connectivity index (χ0n) is 23.8. The molecule has 1 amide bonds. The Morgan fingerprint density at radius 1 is 1.18 bits per heavy atom. The number of aliphatic hydroxyl groups is 1. The van der Waals surface area contributed by atoms with Gasteiger partial charge in [-0.2, -0.15) is 5.26 Å². The van der Waals surface area contributed by atoms with Gasteiger partial charge in [-0.05, 0) is 88.1 Å². The summed E-state index contributed by atoms with van der Waals surface area (Å²) in [5, 5.41) is 22.6. The number of carbonyl (C=O) groups excluding carboxylic acids is 2. The molecule has 0 spiro atoms. The molecule has 208 valence electrons. The first kappa shape index (κ1) is 31.0. The van der Waals surface area contributed by atoms with E-state index in [1.165, 1.54) is 7.11 Å². The van der Waals surface area contributed by atoms with Gasteiger partial charge < -0.3 is 24.6 Å². The van der Waals surface area contributed by atoms with Crippen molar-refractivity contribution in [2.45, 2.75) is 72.6 Å². The molecule has 8 nitrogen and oxygen atoms in total. The fourth-order valence-electron chi connectivity index (χ4n) is 3.82. The van der Waals surface area contributed by atoms with Gasteiger partial charge in [0.25, 0.3) is 0 Å². The van der Waals surface area contributed by atoms with E-state index in [1.807, 2.05) is 44.2 Å². The third-order valence-electron chi connectivity index (χ3n) is 5.78. The molecule has 0 saturated carbocycles. The number of hydrogen-bond donors (Lipinski definition) is 2. The van der Waals surface area contributed by atoms with Gasteiger partial charge in [-0.15, -0.1) is 0 Å². The van der Waals surface area contributed by atoms with Gasteiger partial charge in [-0.1, -0.05) is 25.1 Å². The van der Waals surface area contributed by atoms with Crippen molar-refractivity contribution in [3.63, 3.8) is 0 Å². The highest BCUT2D eigenvalue weighted by Gasteiger charge is 2.18. The molecule has 8 heteroatoms. The van der Waals surface area contributed by atoms with Crippen molar-refractivity contribution in [1.82, 2.24) is 5.32 Å². The zero-order valence-corrected chi connectivity index (χ0v) is 23.8. The molecule has 0 bridgehead atoms. The van der Waals surface area contributed by atoms with Crippen LogP contribution < -0.4 is 10.1 Å². The number of hydrogen-bond acceptors (Lipinski definition) is 7. The highest BCUT2D eigenvalue weighted by atomic mass is 16.6. The molecule has 0 heterocycles. The fourth-order valence-corrected chi connectivity index (χ4v) is 3.82. The Kier molecular flexibility index (Phi) is 11.2. The molecule has 39 heavy (non-hydrogen) atoms. The molecule has 1 unspecified atom stereocenters. The molecule has 2 N–H and O–H groups in total. The molecular weight excluding hydrogens is 496 g/mol. The van der Waals surface area contributed by atoms with Gasteiger partial charge in [0.2, 0.25) is 0 Å². The number of benzene rings is 2. The lowest BCUT2D eigenvalue weighted by Crippen LogP contribution is -2.32. The Morgan fingerprint density at radius 3 is 2.49 bits per heavy atom. The first-order valence-electron chi connectivity index (χ1n) is 12.8. The third-order valence-corrected chi connectivity index (χ3v) is 5.78. The van der Waals surface area contributed by atoms with Crippen LogP contribution >= 0.6 is 0 Å². The van der Waals surface area contributed by atoms with Crippen molar-refractivity contribution in [1.29, 1.82) is 5.26 Å². The summed E-state index contributed by atoms with van der Waals surface area (Å²) >= 11 is 0. The van der Waals surface area contributed by atoms with E-state index in [1.54, 1.807) is 45.9 Å². The van der Waals surface area contributed by atoms with Gasteiger partial charge in [0.1, 0.15) is 17.5 Å². The lowest BCUT2D eigenvalue weighted by atomic mass is 9.97. The number of carbonyl (C=O) groups is 2. The molecule has 1 atom stereocenters. The Bertz CT molecular complexity index is 1280. The van der Waals surface area contributed by atoms with Gasteiger partial charge in [0.05, 0.1) is 30.9 Å². The Labute approximate surface area is 230 Å². The van der Waals surface area contributed by atoms with Crippen LogP contribution in [0.3, 0.4) is 0 Å². The van der Waals surface area contributed by atoms with Crippen LogP contribution in [0.4, 0.5) is 4.79 Å². The van der Waals surface area contributed by atoms with Crippen LogP contribution in [0, 0.1) is 11.3 Å². The summed E-state index contributed by atoms with van der Waals surface area (Å²) in [6.45, 7) is 11.2. The minimum Gasteiger partial charge on any atom is -0.512 e. The van der Waals surface area contributed by atoms with Crippen LogP contribution in [-0.2, 0) is 27.2 Å². The number of nitrogens with one attached hydrogen (secondary N) is 1. The van der Waals surface area contributed by atoms with Crippen LogP contribution in [0.2, 0.25) is 0 Å². The number of aliphatic hydroxyl groups excluding tert-OH is 1. The second kappa shape index (κ2) is 14.1. The van der Waals surface area contributed by atoms with E-state index in [2.05, 4.69) is 11.4 Å². The lowest BCUT2D eigenvalue weighted by molar-refractivity contribution is -0.139. The monoisotopic (exact) mass is 534 g/mol. The predicted molar refractivity (Wildman–Crippen MR) is 150 cm³/mol. The van der Waals surface area contributed by atoms with Crippen LogP contribution in [-0.4, -0.2) is 36.0 Å². The van der Waals surface area contributed by atoms with Gasteiger partial charge in [-0.3, -0.25) is 4.79 Å². The number of amides is 1. The topological polar surface area (TPSA) is 118 Å². The maximum Gasteiger partial charge on any atom is 0.407 e. The number of esters is 1. The van der Waals surface area contributed by atoms with Gasteiger partial charge in [0.15, 0.2) is 0 Å². The van der Waals surface area contributed by atoms with Crippen molar-refractivity contribution in [2.24, 2.45) is 0 Å². The van der Waals surface area contributed by atoms with Crippen molar-refractivity contribution < 1.29 is 28.9 Å². The standard InChI is InChI=1S/C31H38N2O6/c1-8-24(21(3)38-28-13-12-22(18-32)14-26(28)17-29(35)37-7)16-27(20(2)34)25-11-9-10-23(15-25)19-33-30(36)39-31(4,5)6/h9-16,21,34H,8,17,19H2,1-7H3,(H,33,36)/b24-16+,27-20-. The molecule has 2 aromatic carbocycles. The summed E-state index contributed by atoms with van der Waals surface area (Å²) in [7, 11) is 1.31.